The van der Waals surface area contributed by atoms with Gasteiger partial charge in [0.15, 0.2) is 10.2 Å². The lowest BCUT2D eigenvalue weighted by Crippen LogP contribution is -2.21. The Bertz CT molecular complexity index is 800. The van der Waals surface area contributed by atoms with Gasteiger partial charge in [0.1, 0.15) is 0 Å². The normalized spacial score (nSPS) is 14.3. The summed E-state index contributed by atoms with van der Waals surface area (Å²) in [5, 5.41) is 13.8. The Morgan fingerprint density at radius 2 is 2.13 bits per heavy atom. The molecule has 0 fully saturated rings. The monoisotopic (exact) mass is 367 g/mol. The molecule has 0 aliphatic carbocycles. The summed E-state index contributed by atoms with van der Waals surface area (Å²) >= 11 is 9.36. The third kappa shape index (κ3) is 3.52. The Balaban J connectivity index is 1.78. The van der Waals surface area contributed by atoms with Crippen LogP contribution in [0.5, 0.6) is 0 Å². The van der Waals surface area contributed by atoms with Gasteiger partial charge in [-0.15, -0.1) is 15.3 Å². The minimum atomic E-state index is -0.154. The first-order valence-corrected chi connectivity index (χ1v) is 9.62. The molecule has 0 aliphatic heterocycles. The Hall–Kier alpha value is -1.15. The third-order valence-electron chi connectivity index (χ3n) is 3.86. The zero-order chi connectivity index (χ0) is 16.4. The number of hydrogen-bond donors (Lipinski definition) is 1. The first kappa shape index (κ1) is 16.7. The molecule has 2 aromatic heterocycles. The molecule has 0 saturated carbocycles. The summed E-state index contributed by atoms with van der Waals surface area (Å²) in [6, 6.07) is 7.70. The molecule has 3 rings (SSSR count). The second kappa shape index (κ2) is 7.17. The highest BCUT2D eigenvalue weighted by Crippen LogP contribution is 2.31. The molecule has 2 atom stereocenters. The molecule has 122 valence electrons. The SMILES string of the molecule is CC[C@H](C)[C@H](N)c1nnc2sc(SCc3ccccc3Cl)nn12. The van der Waals surface area contributed by atoms with Crippen molar-refractivity contribution >= 4 is 39.7 Å². The molecule has 8 heteroatoms. The molecule has 2 N–H and O–H groups in total. The highest BCUT2D eigenvalue weighted by Gasteiger charge is 2.21. The Morgan fingerprint density at radius 1 is 1.35 bits per heavy atom. The smallest absolute Gasteiger partial charge is 0.235 e. The van der Waals surface area contributed by atoms with Crippen LogP contribution in [0.2, 0.25) is 5.02 Å². The van der Waals surface area contributed by atoms with Gasteiger partial charge in [-0.05, 0) is 17.5 Å². The number of fused-ring (bicyclic) bond motifs is 1. The molecule has 3 aromatic rings. The van der Waals surface area contributed by atoms with Crippen molar-refractivity contribution in [3.05, 3.63) is 40.7 Å². The van der Waals surface area contributed by atoms with Gasteiger partial charge in [-0.2, -0.15) is 4.52 Å². The van der Waals surface area contributed by atoms with Gasteiger partial charge in [0, 0.05) is 10.8 Å². The van der Waals surface area contributed by atoms with E-state index in [1.54, 1.807) is 16.3 Å². The maximum Gasteiger partial charge on any atom is 0.235 e. The minimum absolute atomic E-state index is 0.154. The number of halogens is 1. The van der Waals surface area contributed by atoms with E-state index in [0.717, 1.165) is 37.9 Å². The topological polar surface area (TPSA) is 69.1 Å². The van der Waals surface area contributed by atoms with E-state index >= 15 is 0 Å². The molecule has 1 aromatic carbocycles. The van der Waals surface area contributed by atoms with Crippen LogP contribution < -0.4 is 5.73 Å². The van der Waals surface area contributed by atoms with Crippen molar-refractivity contribution in [2.75, 3.05) is 0 Å². The molecule has 0 spiro atoms. The van der Waals surface area contributed by atoms with Gasteiger partial charge in [0.25, 0.3) is 0 Å². The lowest BCUT2D eigenvalue weighted by Gasteiger charge is -2.15. The van der Waals surface area contributed by atoms with Gasteiger partial charge in [0.05, 0.1) is 6.04 Å². The molecule has 0 saturated heterocycles. The number of hydrogen-bond acceptors (Lipinski definition) is 6. The molecular formula is C15H18ClN5S2. The van der Waals surface area contributed by atoms with E-state index in [1.165, 1.54) is 11.3 Å². The van der Waals surface area contributed by atoms with E-state index in [-0.39, 0.29) is 6.04 Å². The molecule has 0 unspecified atom stereocenters. The van der Waals surface area contributed by atoms with E-state index in [0.29, 0.717) is 5.92 Å². The Kier molecular flexibility index (Phi) is 5.21. The summed E-state index contributed by atoms with van der Waals surface area (Å²) < 4.78 is 2.71. The van der Waals surface area contributed by atoms with Crippen LogP contribution in [0.25, 0.3) is 4.96 Å². The molecule has 2 heterocycles. The minimum Gasteiger partial charge on any atom is -0.321 e. The number of rotatable bonds is 6. The molecule has 23 heavy (non-hydrogen) atoms. The Morgan fingerprint density at radius 3 is 2.87 bits per heavy atom. The number of nitrogens with zero attached hydrogens (tertiary/aromatic N) is 4. The second-order valence-electron chi connectivity index (χ2n) is 5.41. The van der Waals surface area contributed by atoms with Crippen molar-refractivity contribution < 1.29 is 0 Å². The van der Waals surface area contributed by atoms with E-state index in [1.807, 2.05) is 24.3 Å². The summed E-state index contributed by atoms with van der Waals surface area (Å²) in [5.74, 6) is 1.84. The quantitative estimate of drug-likeness (QED) is 0.662. The van der Waals surface area contributed by atoms with Crippen molar-refractivity contribution in [3.63, 3.8) is 0 Å². The van der Waals surface area contributed by atoms with Crippen LogP contribution in [-0.2, 0) is 5.75 Å². The maximum atomic E-state index is 6.27. The molecule has 0 aliphatic rings. The number of benzene rings is 1. The molecule has 5 nitrogen and oxygen atoms in total. The maximum absolute atomic E-state index is 6.27. The lowest BCUT2D eigenvalue weighted by atomic mass is 10.00. The molecular weight excluding hydrogens is 350 g/mol. The van der Waals surface area contributed by atoms with Crippen LogP contribution in [0.4, 0.5) is 0 Å². The van der Waals surface area contributed by atoms with Gasteiger partial charge in [-0.1, -0.05) is 73.2 Å². The van der Waals surface area contributed by atoms with Crippen molar-refractivity contribution in [1.82, 2.24) is 19.8 Å². The summed E-state index contributed by atoms with van der Waals surface area (Å²) in [6.45, 7) is 4.24. The average Bonchev–Trinajstić information content (AvgIpc) is 3.12. The molecule has 0 bridgehead atoms. The first-order chi connectivity index (χ1) is 11.1. The van der Waals surface area contributed by atoms with Crippen LogP contribution in [0.1, 0.15) is 37.7 Å². The third-order valence-corrected chi connectivity index (χ3v) is 6.31. The fourth-order valence-corrected chi connectivity index (χ4v) is 4.31. The first-order valence-electron chi connectivity index (χ1n) is 7.44. The van der Waals surface area contributed by atoms with Gasteiger partial charge >= 0.3 is 0 Å². The molecule has 0 radical (unpaired) electrons. The average molecular weight is 368 g/mol. The molecule has 0 amide bonds. The fraction of sp³-hybridized carbons (Fsp3) is 0.400. The largest absolute Gasteiger partial charge is 0.321 e. The fourth-order valence-electron chi connectivity index (χ4n) is 2.14. The van der Waals surface area contributed by atoms with Crippen LogP contribution in [-0.4, -0.2) is 19.8 Å². The van der Waals surface area contributed by atoms with E-state index < -0.39 is 0 Å². The summed E-state index contributed by atoms with van der Waals surface area (Å²) in [6.07, 6.45) is 0.994. The summed E-state index contributed by atoms with van der Waals surface area (Å²) in [7, 11) is 0. The van der Waals surface area contributed by atoms with Gasteiger partial charge < -0.3 is 5.73 Å². The van der Waals surface area contributed by atoms with Crippen molar-refractivity contribution in [2.45, 2.75) is 36.4 Å². The summed E-state index contributed by atoms with van der Waals surface area (Å²) in [5.41, 5.74) is 7.37. The summed E-state index contributed by atoms with van der Waals surface area (Å²) in [4.78, 5) is 0.778. The highest BCUT2D eigenvalue weighted by atomic mass is 35.5. The van der Waals surface area contributed by atoms with E-state index in [2.05, 4.69) is 29.1 Å². The van der Waals surface area contributed by atoms with Gasteiger partial charge in [0.2, 0.25) is 4.96 Å². The highest BCUT2D eigenvalue weighted by molar-refractivity contribution is 8.00. The van der Waals surface area contributed by atoms with Crippen LogP contribution >= 0.6 is 34.7 Å². The number of thioether (sulfide) groups is 1. The standard InChI is InChI=1S/C15H18ClN5S2/c1-3-9(2)12(17)13-18-19-14-21(13)20-15(23-14)22-8-10-6-4-5-7-11(10)16/h4-7,9,12H,3,8,17H2,1-2H3/t9-,12-/m0/s1. The van der Waals surface area contributed by atoms with Crippen molar-refractivity contribution in [1.29, 1.82) is 0 Å². The zero-order valence-electron chi connectivity index (χ0n) is 12.9. The van der Waals surface area contributed by atoms with Crippen molar-refractivity contribution in [3.8, 4) is 0 Å². The van der Waals surface area contributed by atoms with Crippen molar-refractivity contribution in [2.24, 2.45) is 11.7 Å². The van der Waals surface area contributed by atoms with Crippen LogP contribution in [0.3, 0.4) is 0 Å². The van der Waals surface area contributed by atoms with E-state index in [9.17, 15) is 0 Å². The number of nitrogens with two attached hydrogens (primary N) is 1. The zero-order valence-corrected chi connectivity index (χ0v) is 15.3. The van der Waals surface area contributed by atoms with Crippen LogP contribution in [0, 0.1) is 5.92 Å². The predicted octanol–water partition coefficient (Wildman–Crippen LogP) is 4.18. The second-order valence-corrected chi connectivity index (χ2v) is 8.00. The number of aromatic nitrogens is 4. The van der Waals surface area contributed by atoms with Gasteiger partial charge in [-0.3, -0.25) is 0 Å². The van der Waals surface area contributed by atoms with Gasteiger partial charge in [-0.25, -0.2) is 0 Å². The Labute approximate surface area is 148 Å². The predicted molar refractivity (Wildman–Crippen MR) is 96.1 cm³/mol. The van der Waals surface area contributed by atoms with E-state index in [4.69, 9.17) is 17.3 Å². The van der Waals surface area contributed by atoms with Crippen LogP contribution in [0.15, 0.2) is 28.6 Å². The lowest BCUT2D eigenvalue weighted by molar-refractivity contribution is 0.431.